The third kappa shape index (κ3) is 3.99. The fourth-order valence-electron chi connectivity index (χ4n) is 2.02. The predicted octanol–water partition coefficient (Wildman–Crippen LogP) is 3.49. The number of rotatable bonds is 4. The first-order chi connectivity index (χ1) is 10.1. The zero-order valence-electron chi connectivity index (χ0n) is 12.6. The molecule has 0 heterocycles. The third-order valence-corrected chi connectivity index (χ3v) is 3.23. The van der Waals surface area contributed by atoms with E-state index >= 15 is 0 Å². The van der Waals surface area contributed by atoms with E-state index in [-0.39, 0.29) is 12.8 Å². The van der Waals surface area contributed by atoms with Crippen LogP contribution in [0.2, 0.25) is 0 Å². The van der Waals surface area contributed by atoms with Crippen molar-refractivity contribution in [2.24, 2.45) is 0 Å². The maximum Gasteiger partial charge on any atom is 0.324 e. The zero-order chi connectivity index (χ0) is 15.2. The van der Waals surface area contributed by atoms with Crippen LogP contribution in [0.3, 0.4) is 0 Å². The molecule has 0 unspecified atom stereocenters. The van der Waals surface area contributed by atoms with Gasteiger partial charge in [0, 0.05) is 12.7 Å². The monoisotopic (exact) mass is 284 g/mol. The second kappa shape index (κ2) is 6.79. The summed E-state index contributed by atoms with van der Waals surface area (Å²) in [5.41, 5.74) is 3.08. The normalized spacial score (nSPS) is 10.0. The van der Waals surface area contributed by atoms with Gasteiger partial charge in [0.25, 0.3) is 0 Å². The van der Waals surface area contributed by atoms with Crippen LogP contribution in [0, 0.1) is 13.8 Å². The molecule has 4 heteroatoms. The number of urea groups is 1. The number of nitrogens with zero attached hydrogens (tertiary/aromatic N) is 1. The van der Waals surface area contributed by atoms with Crippen molar-refractivity contribution in [1.29, 1.82) is 0 Å². The maximum atomic E-state index is 12.0. The van der Waals surface area contributed by atoms with Gasteiger partial charge >= 0.3 is 6.03 Å². The van der Waals surface area contributed by atoms with Crippen LogP contribution in [0.15, 0.2) is 48.5 Å². The average Bonchev–Trinajstić information content (AvgIpc) is 2.49. The number of hydrogen-bond donors (Lipinski definition) is 1. The van der Waals surface area contributed by atoms with Crippen LogP contribution in [0.1, 0.15) is 11.1 Å². The molecule has 0 aliphatic heterocycles. The van der Waals surface area contributed by atoms with Crippen molar-refractivity contribution in [3.63, 3.8) is 0 Å². The van der Waals surface area contributed by atoms with Crippen molar-refractivity contribution in [2.45, 2.75) is 13.8 Å². The summed E-state index contributed by atoms with van der Waals surface area (Å²) in [5.74, 6) is 0.781. The molecule has 2 aromatic rings. The molecule has 0 saturated heterocycles. The summed E-state index contributed by atoms with van der Waals surface area (Å²) in [7, 11) is 1.72. The number of hydrogen-bond acceptors (Lipinski definition) is 2. The van der Waals surface area contributed by atoms with Crippen LogP contribution in [0.25, 0.3) is 0 Å². The molecule has 0 aliphatic carbocycles. The van der Waals surface area contributed by atoms with Crippen LogP contribution in [0.5, 0.6) is 5.75 Å². The molecule has 21 heavy (non-hydrogen) atoms. The molecule has 0 atom stereocenters. The van der Waals surface area contributed by atoms with Gasteiger partial charge in [0.1, 0.15) is 5.75 Å². The Morgan fingerprint density at radius 3 is 2.52 bits per heavy atom. The highest BCUT2D eigenvalue weighted by molar-refractivity contribution is 5.91. The first-order valence-corrected chi connectivity index (χ1v) is 6.84. The smallest absolute Gasteiger partial charge is 0.324 e. The molecular formula is C17H20N2O2. The standard InChI is InChI=1S/C17H20N2O2/c1-13-9-10-16(14(2)11-13)21-12-18-17(20)19(3)15-7-5-4-6-8-15/h4-11H,12H2,1-3H3,(H,18,20). The Kier molecular flexibility index (Phi) is 4.82. The number of ether oxygens (including phenoxy) is 1. The number of amides is 2. The lowest BCUT2D eigenvalue weighted by Gasteiger charge is -2.18. The van der Waals surface area contributed by atoms with Crippen molar-refractivity contribution >= 4 is 11.7 Å². The van der Waals surface area contributed by atoms with E-state index in [9.17, 15) is 4.79 Å². The Hall–Kier alpha value is -2.49. The first-order valence-electron chi connectivity index (χ1n) is 6.84. The molecule has 0 aromatic heterocycles. The SMILES string of the molecule is Cc1ccc(OCNC(=O)N(C)c2ccccc2)c(C)c1. The number of benzene rings is 2. The lowest BCUT2D eigenvalue weighted by molar-refractivity contribution is 0.230. The van der Waals surface area contributed by atoms with Crippen molar-refractivity contribution in [3.8, 4) is 5.75 Å². The highest BCUT2D eigenvalue weighted by Crippen LogP contribution is 2.18. The fraction of sp³-hybridized carbons (Fsp3) is 0.235. The summed E-state index contributed by atoms with van der Waals surface area (Å²) in [6.45, 7) is 4.16. The Bertz CT molecular complexity index is 611. The molecule has 1 N–H and O–H groups in total. The van der Waals surface area contributed by atoms with E-state index < -0.39 is 0 Å². The van der Waals surface area contributed by atoms with E-state index in [1.165, 1.54) is 5.56 Å². The van der Waals surface area contributed by atoms with Gasteiger partial charge in [0.05, 0.1) is 0 Å². The maximum absolute atomic E-state index is 12.0. The minimum atomic E-state index is -0.203. The van der Waals surface area contributed by atoms with Crippen LogP contribution >= 0.6 is 0 Å². The van der Waals surface area contributed by atoms with Gasteiger partial charge in [0.15, 0.2) is 6.73 Å². The molecule has 0 radical (unpaired) electrons. The Labute approximate surface area is 125 Å². The van der Waals surface area contributed by atoms with Gasteiger partial charge in [-0.25, -0.2) is 4.79 Å². The van der Waals surface area contributed by atoms with Gasteiger partial charge in [-0.05, 0) is 37.6 Å². The summed E-state index contributed by atoms with van der Waals surface area (Å²) >= 11 is 0. The van der Waals surface area contributed by atoms with Crippen molar-refractivity contribution in [1.82, 2.24) is 5.32 Å². The van der Waals surface area contributed by atoms with Crippen molar-refractivity contribution < 1.29 is 9.53 Å². The summed E-state index contributed by atoms with van der Waals surface area (Å²) in [5, 5.41) is 2.74. The number of para-hydroxylation sites is 1. The molecular weight excluding hydrogens is 264 g/mol. The Balaban J connectivity index is 1.87. The summed E-state index contributed by atoms with van der Waals surface area (Å²) < 4.78 is 5.59. The Morgan fingerprint density at radius 2 is 1.86 bits per heavy atom. The van der Waals surface area contributed by atoms with Gasteiger partial charge in [-0.3, -0.25) is 4.90 Å². The fourth-order valence-corrected chi connectivity index (χ4v) is 2.02. The van der Waals surface area contributed by atoms with Gasteiger partial charge in [0.2, 0.25) is 0 Å². The molecule has 0 bridgehead atoms. The molecule has 0 spiro atoms. The van der Waals surface area contributed by atoms with Crippen LogP contribution in [-0.2, 0) is 0 Å². The highest BCUT2D eigenvalue weighted by atomic mass is 16.5. The second-order valence-electron chi connectivity index (χ2n) is 4.93. The zero-order valence-corrected chi connectivity index (χ0v) is 12.6. The van der Waals surface area contributed by atoms with E-state index in [1.54, 1.807) is 11.9 Å². The molecule has 2 amide bonds. The third-order valence-electron chi connectivity index (χ3n) is 3.23. The van der Waals surface area contributed by atoms with Crippen molar-refractivity contribution in [3.05, 3.63) is 59.7 Å². The lowest BCUT2D eigenvalue weighted by Crippen LogP contribution is -2.39. The number of carbonyl (C=O) groups excluding carboxylic acids is 1. The van der Waals surface area contributed by atoms with Crippen molar-refractivity contribution in [2.75, 3.05) is 18.7 Å². The number of anilines is 1. The second-order valence-corrected chi connectivity index (χ2v) is 4.93. The number of aryl methyl sites for hydroxylation is 2. The van der Waals surface area contributed by atoms with Crippen LogP contribution in [0.4, 0.5) is 10.5 Å². The molecule has 110 valence electrons. The van der Waals surface area contributed by atoms with Gasteiger partial charge in [-0.15, -0.1) is 0 Å². The minimum Gasteiger partial charge on any atom is -0.473 e. The van der Waals surface area contributed by atoms with Crippen LogP contribution in [-0.4, -0.2) is 19.8 Å². The van der Waals surface area contributed by atoms with E-state index in [2.05, 4.69) is 5.32 Å². The molecule has 4 nitrogen and oxygen atoms in total. The van der Waals surface area contributed by atoms with Gasteiger partial charge in [-0.1, -0.05) is 35.9 Å². The topological polar surface area (TPSA) is 41.6 Å². The predicted molar refractivity (Wildman–Crippen MR) is 84.8 cm³/mol. The lowest BCUT2D eigenvalue weighted by atomic mass is 10.1. The largest absolute Gasteiger partial charge is 0.473 e. The quantitative estimate of drug-likeness (QED) is 0.873. The summed E-state index contributed by atoms with van der Waals surface area (Å²) in [6.07, 6.45) is 0. The molecule has 2 rings (SSSR count). The molecule has 0 aliphatic rings. The van der Waals surface area contributed by atoms with Gasteiger partial charge in [-0.2, -0.15) is 0 Å². The van der Waals surface area contributed by atoms with Gasteiger partial charge < -0.3 is 10.1 Å². The molecule has 0 fully saturated rings. The van der Waals surface area contributed by atoms with E-state index in [0.29, 0.717) is 0 Å². The Morgan fingerprint density at radius 1 is 1.14 bits per heavy atom. The average molecular weight is 284 g/mol. The summed E-state index contributed by atoms with van der Waals surface area (Å²) in [6, 6.07) is 15.2. The molecule has 0 saturated carbocycles. The highest BCUT2D eigenvalue weighted by Gasteiger charge is 2.09. The van der Waals surface area contributed by atoms with Crippen LogP contribution < -0.4 is 15.0 Å². The minimum absolute atomic E-state index is 0.139. The van der Waals surface area contributed by atoms with E-state index in [0.717, 1.165) is 17.0 Å². The molecule has 2 aromatic carbocycles. The van der Waals surface area contributed by atoms with E-state index in [4.69, 9.17) is 4.74 Å². The first kappa shape index (κ1) is 14.9. The summed E-state index contributed by atoms with van der Waals surface area (Å²) in [4.78, 5) is 13.6. The number of nitrogens with one attached hydrogen (secondary N) is 1. The van der Waals surface area contributed by atoms with E-state index in [1.807, 2.05) is 62.4 Å². The number of carbonyl (C=O) groups is 1.